The molecule has 0 radical (unpaired) electrons. The molecule has 2 saturated carbocycles. The lowest BCUT2D eigenvalue weighted by Crippen LogP contribution is -2.50. The summed E-state index contributed by atoms with van der Waals surface area (Å²) in [6.45, 7) is 9.53. The molecule has 0 unspecified atom stereocenters. The molecule has 4 N–H and O–H groups in total. The Morgan fingerprint density at radius 2 is 1.90 bits per heavy atom. The summed E-state index contributed by atoms with van der Waals surface area (Å²) in [4.78, 5) is 24.6. The molecule has 4 heteroatoms. The van der Waals surface area contributed by atoms with E-state index in [0.29, 0.717) is 48.8 Å². The van der Waals surface area contributed by atoms with Gasteiger partial charge in [0, 0.05) is 30.4 Å². The van der Waals surface area contributed by atoms with E-state index >= 15 is 0 Å². The van der Waals surface area contributed by atoms with Gasteiger partial charge in [-0.15, -0.1) is 0 Å². The second kappa shape index (κ2) is 6.80. The highest BCUT2D eigenvalue weighted by molar-refractivity contribution is 5.99. The molecule has 0 aromatic heterocycles. The second-order valence-electron chi connectivity index (χ2n) is 11.4. The fourth-order valence-corrected chi connectivity index (χ4v) is 7.67. The third-order valence-electron chi connectivity index (χ3n) is 9.50. The summed E-state index contributed by atoms with van der Waals surface area (Å²) in [5.41, 5.74) is 13.9. The number of hydrogen-bond acceptors (Lipinski definition) is 3. The highest BCUT2D eigenvalue weighted by Gasteiger charge is 2.58. The number of fused-ring (bicyclic) bond motifs is 5. The van der Waals surface area contributed by atoms with Gasteiger partial charge in [0.05, 0.1) is 0 Å². The molecule has 0 aromatic carbocycles. The number of allylic oxidation sites excluding steroid dienone is 3. The molecule has 6 atom stereocenters. The zero-order valence-corrected chi connectivity index (χ0v) is 18.6. The van der Waals surface area contributed by atoms with Crippen LogP contribution in [-0.2, 0) is 9.59 Å². The van der Waals surface area contributed by atoms with Gasteiger partial charge < -0.3 is 11.5 Å². The van der Waals surface area contributed by atoms with Gasteiger partial charge in [-0.05, 0) is 72.2 Å². The van der Waals surface area contributed by atoms with E-state index in [-0.39, 0.29) is 22.2 Å². The van der Waals surface area contributed by atoms with Crippen LogP contribution in [-0.4, -0.2) is 18.2 Å². The number of rotatable bonds is 4. The lowest BCUT2D eigenvalue weighted by molar-refractivity contribution is -0.120. The molecule has 29 heavy (non-hydrogen) atoms. The normalized spacial score (nSPS) is 41.8. The van der Waals surface area contributed by atoms with Crippen molar-refractivity contribution in [2.45, 2.75) is 72.6 Å². The molecule has 4 aliphatic rings. The standard InChI is InChI=1S/C25H38N2O2/c1-23(2,14-26)22-19-8-6-16-17-7-5-15(13-21(27)29)24(17,3)11-9-18(16)25(19,4)12-10-20(22)28/h6,8,15-18H,5,7,9-14,26H2,1-4H3,(H2,27,29)/t15-,16+,17+,18+,24-,25-/m1/s1. The third kappa shape index (κ3) is 2.97. The Labute approximate surface area is 175 Å². The van der Waals surface area contributed by atoms with Crippen LogP contribution < -0.4 is 11.5 Å². The smallest absolute Gasteiger partial charge is 0.217 e. The van der Waals surface area contributed by atoms with Crippen LogP contribution in [0.2, 0.25) is 0 Å². The van der Waals surface area contributed by atoms with Gasteiger partial charge in [-0.3, -0.25) is 9.59 Å². The number of carbonyl (C=O) groups is 2. The Kier molecular flexibility index (Phi) is 4.88. The number of Topliss-reactive ketones (excluding diaryl/α,β-unsaturated/α-hetero) is 1. The predicted molar refractivity (Wildman–Crippen MR) is 116 cm³/mol. The van der Waals surface area contributed by atoms with E-state index in [4.69, 9.17) is 11.5 Å². The van der Waals surface area contributed by atoms with Gasteiger partial charge in [-0.25, -0.2) is 0 Å². The summed E-state index contributed by atoms with van der Waals surface area (Å²) in [6, 6.07) is 0. The van der Waals surface area contributed by atoms with Crippen LogP contribution in [0.3, 0.4) is 0 Å². The van der Waals surface area contributed by atoms with E-state index < -0.39 is 0 Å². The van der Waals surface area contributed by atoms with Crippen molar-refractivity contribution in [3.63, 3.8) is 0 Å². The summed E-state index contributed by atoms with van der Waals surface area (Å²) >= 11 is 0. The molecule has 0 aliphatic heterocycles. The van der Waals surface area contributed by atoms with Crippen molar-refractivity contribution in [2.24, 2.45) is 51.4 Å². The summed E-state index contributed by atoms with van der Waals surface area (Å²) in [6.07, 6.45) is 11.5. The molecular weight excluding hydrogens is 360 g/mol. The number of ketones is 1. The zero-order valence-electron chi connectivity index (χ0n) is 18.6. The van der Waals surface area contributed by atoms with Crippen LogP contribution in [0.25, 0.3) is 0 Å². The van der Waals surface area contributed by atoms with Gasteiger partial charge in [0.15, 0.2) is 5.78 Å². The first-order valence-electron chi connectivity index (χ1n) is 11.5. The van der Waals surface area contributed by atoms with E-state index in [1.54, 1.807) is 0 Å². The number of nitrogens with two attached hydrogens (primary N) is 2. The fourth-order valence-electron chi connectivity index (χ4n) is 7.67. The predicted octanol–water partition coefficient (Wildman–Crippen LogP) is 4.14. The number of amides is 1. The van der Waals surface area contributed by atoms with Crippen molar-refractivity contribution in [3.05, 3.63) is 23.3 Å². The molecule has 0 heterocycles. The summed E-state index contributed by atoms with van der Waals surface area (Å²) in [7, 11) is 0. The van der Waals surface area contributed by atoms with Crippen LogP contribution in [0.5, 0.6) is 0 Å². The Bertz CT molecular complexity index is 795. The van der Waals surface area contributed by atoms with Crippen molar-refractivity contribution in [2.75, 3.05) is 6.54 Å². The molecule has 4 aliphatic carbocycles. The monoisotopic (exact) mass is 398 g/mol. The maximum absolute atomic E-state index is 12.9. The number of carbonyl (C=O) groups excluding carboxylic acids is 2. The van der Waals surface area contributed by atoms with Crippen molar-refractivity contribution < 1.29 is 9.59 Å². The molecule has 160 valence electrons. The van der Waals surface area contributed by atoms with Crippen LogP contribution in [0.1, 0.15) is 72.6 Å². The molecule has 1 amide bonds. The average molecular weight is 399 g/mol. The zero-order chi connectivity index (χ0) is 21.2. The molecule has 0 spiro atoms. The highest BCUT2D eigenvalue weighted by Crippen LogP contribution is 2.66. The minimum absolute atomic E-state index is 0.0538. The van der Waals surface area contributed by atoms with Gasteiger partial charge in [-0.1, -0.05) is 39.8 Å². The lowest BCUT2D eigenvalue weighted by Gasteiger charge is -2.57. The molecular formula is C25H38N2O2. The quantitative estimate of drug-likeness (QED) is 0.746. The van der Waals surface area contributed by atoms with E-state index in [2.05, 4.69) is 39.8 Å². The average Bonchev–Trinajstić information content (AvgIpc) is 2.98. The summed E-state index contributed by atoms with van der Waals surface area (Å²) in [5.74, 6) is 2.28. The minimum atomic E-state index is -0.283. The highest BCUT2D eigenvalue weighted by atomic mass is 16.1. The van der Waals surface area contributed by atoms with Crippen molar-refractivity contribution in [1.82, 2.24) is 0 Å². The fraction of sp³-hybridized carbons (Fsp3) is 0.760. The molecule has 4 rings (SSSR count). The second-order valence-corrected chi connectivity index (χ2v) is 11.4. The molecule has 4 nitrogen and oxygen atoms in total. The van der Waals surface area contributed by atoms with Gasteiger partial charge in [0.1, 0.15) is 0 Å². The molecule has 0 saturated heterocycles. The van der Waals surface area contributed by atoms with Crippen molar-refractivity contribution in [3.8, 4) is 0 Å². The van der Waals surface area contributed by atoms with Crippen LogP contribution in [0, 0.1) is 39.9 Å². The van der Waals surface area contributed by atoms with Gasteiger partial charge in [0.2, 0.25) is 5.91 Å². The Morgan fingerprint density at radius 3 is 2.55 bits per heavy atom. The Hall–Kier alpha value is -1.42. The Balaban J connectivity index is 1.75. The van der Waals surface area contributed by atoms with Gasteiger partial charge in [-0.2, -0.15) is 0 Å². The summed E-state index contributed by atoms with van der Waals surface area (Å²) < 4.78 is 0. The molecule has 0 aromatic rings. The van der Waals surface area contributed by atoms with Crippen LogP contribution in [0.15, 0.2) is 23.3 Å². The maximum Gasteiger partial charge on any atom is 0.217 e. The van der Waals surface area contributed by atoms with Crippen LogP contribution in [0.4, 0.5) is 0 Å². The van der Waals surface area contributed by atoms with Gasteiger partial charge >= 0.3 is 0 Å². The number of primary amides is 1. The SMILES string of the molecule is CC(C)(CN)C1=C2C=C[C@H]3[C@@H]4CC[C@H](CC(N)=O)[C@@]4(C)CC[C@@H]3[C@@]2(C)CCC1=O. The first-order chi connectivity index (χ1) is 13.5. The van der Waals surface area contributed by atoms with E-state index in [9.17, 15) is 9.59 Å². The third-order valence-corrected chi connectivity index (χ3v) is 9.50. The maximum atomic E-state index is 12.9. The lowest BCUT2D eigenvalue weighted by atomic mass is 9.47. The topological polar surface area (TPSA) is 86.2 Å². The van der Waals surface area contributed by atoms with Crippen LogP contribution >= 0.6 is 0 Å². The van der Waals surface area contributed by atoms with Crippen molar-refractivity contribution >= 4 is 11.7 Å². The van der Waals surface area contributed by atoms with Gasteiger partial charge in [0.25, 0.3) is 0 Å². The molecule has 0 bridgehead atoms. The summed E-state index contributed by atoms with van der Waals surface area (Å²) in [5, 5.41) is 0. The van der Waals surface area contributed by atoms with Crippen molar-refractivity contribution in [1.29, 1.82) is 0 Å². The first-order valence-corrected chi connectivity index (χ1v) is 11.5. The number of hydrogen-bond donors (Lipinski definition) is 2. The Morgan fingerprint density at radius 1 is 1.17 bits per heavy atom. The molecule has 2 fully saturated rings. The van der Waals surface area contributed by atoms with E-state index in [0.717, 1.165) is 24.8 Å². The van der Waals surface area contributed by atoms with E-state index in [1.807, 2.05) is 0 Å². The first kappa shape index (κ1) is 20.8. The minimum Gasteiger partial charge on any atom is -0.370 e. The van der Waals surface area contributed by atoms with E-state index in [1.165, 1.54) is 18.4 Å². The largest absolute Gasteiger partial charge is 0.370 e.